The van der Waals surface area contributed by atoms with Crippen molar-refractivity contribution in [2.75, 3.05) is 45.9 Å². The maximum Gasteiger partial charge on any atom is 0.410 e. The molecule has 1 saturated heterocycles. The minimum absolute atomic E-state index is 0. The number of carbonyl (C=O) groups is 1. The van der Waals surface area contributed by atoms with Crippen LogP contribution in [0.5, 0.6) is 0 Å². The van der Waals surface area contributed by atoms with E-state index in [4.69, 9.17) is 9.47 Å². The lowest BCUT2D eigenvalue weighted by atomic mass is 9.95. The Labute approximate surface area is 200 Å². The van der Waals surface area contributed by atoms with Gasteiger partial charge in [-0.3, -0.25) is 4.99 Å². The van der Waals surface area contributed by atoms with Crippen molar-refractivity contribution >= 4 is 36.0 Å². The molecule has 1 atom stereocenters. The van der Waals surface area contributed by atoms with Crippen molar-refractivity contribution < 1.29 is 14.3 Å². The van der Waals surface area contributed by atoms with Crippen molar-refractivity contribution in [1.29, 1.82) is 0 Å². The van der Waals surface area contributed by atoms with E-state index in [0.29, 0.717) is 5.92 Å². The number of likely N-dealkylation sites (tertiary alicyclic amines) is 1. The molecule has 0 spiro atoms. The monoisotopic (exact) mass is 538 g/mol. The second-order valence-electron chi connectivity index (χ2n) is 9.28. The Hall–Kier alpha value is -0.770. The first-order chi connectivity index (χ1) is 13.9. The molecular formula is C22H43IN4O3. The predicted molar refractivity (Wildman–Crippen MR) is 133 cm³/mol. The number of nitrogens with zero attached hydrogens (tertiary/aromatic N) is 2. The van der Waals surface area contributed by atoms with Gasteiger partial charge >= 0.3 is 6.09 Å². The quantitative estimate of drug-likeness (QED) is 0.190. The summed E-state index contributed by atoms with van der Waals surface area (Å²) in [6.45, 7) is 13.6. The van der Waals surface area contributed by atoms with Crippen molar-refractivity contribution in [3.8, 4) is 0 Å². The van der Waals surface area contributed by atoms with E-state index in [1.165, 1.54) is 12.8 Å². The first kappa shape index (κ1) is 27.3. The van der Waals surface area contributed by atoms with Gasteiger partial charge in [0.05, 0.1) is 0 Å². The first-order valence-electron chi connectivity index (χ1n) is 11.4. The molecule has 2 fully saturated rings. The number of piperidine rings is 1. The van der Waals surface area contributed by atoms with E-state index in [-0.39, 0.29) is 30.1 Å². The lowest BCUT2D eigenvalue weighted by Gasteiger charge is -2.34. The Kier molecular flexibility index (Phi) is 13.0. The Bertz CT molecular complexity index is 521. The highest BCUT2D eigenvalue weighted by molar-refractivity contribution is 14.0. The molecule has 0 bridgehead atoms. The van der Waals surface area contributed by atoms with Gasteiger partial charge in [-0.05, 0) is 78.1 Å². The van der Waals surface area contributed by atoms with Crippen LogP contribution in [-0.4, -0.2) is 68.5 Å². The molecule has 8 heteroatoms. The molecule has 1 amide bonds. The number of amides is 1. The van der Waals surface area contributed by atoms with Gasteiger partial charge in [-0.2, -0.15) is 0 Å². The zero-order chi connectivity index (χ0) is 21.1. The van der Waals surface area contributed by atoms with E-state index in [1.54, 1.807) is 0 Å². The molecule has 176 valence electrons. The smallest absolute Gasteiger partial charge is 0.410 e. The number of halogens is 1. The molecule has 0 aromatic heterocycles. The third-order valence-corrected chi connectivity index (χ3v) is 5.13. The summed E-state index contributed by atoms with van der Waals surface area (Å²) in [6, 6.07) is 0. The number of guanidine groups is 1. The van der Waals surface area contributed by atoms with Crippen LogP contribution in [-0.2, 0) is 9.47 Å². The van der Waals surface area contributed by atoms with E-state index in [9.17, 15) is 4.79 Å². The molecule has 1 saturated carbocycles. The van der Waals surface area contributed by atoms with E-state index in [0.717, 1.165) is 83.5 Å². The van der Waals surface area contributed by atoms with Crippen LogP contribution in [0.4, 0.5) is 4.79 Å². The Morgan fingerprint density at radius 3 is 2.60 bits per heavy atom. The Balaban J connectivity index is 0.00000450. The second kappa shape index (κ2) is 14.3. The molecule has 7 nitrogen and oxygen atoms in total. The molecular weight excluding hydrogens is 495 g/mol. The van der Waals surface area contributed by atoms with Gasteiger partial charge < -0.3 is 25.0 Å². The van der Waals surface area contributed by atoms with Crippen molar-refractivity contribution in [2.24, 2.45) is 16.8 Å². The van der Waals surface area contributed by atoms with Crippen molar-refractivity contribution in [2.45, 2.75) is 71.8 Å². The number of hydrogen-bond donors (Lipinski definition) is 2. The highest BCUT2D eigenvalue weighted by Crippen LogP contribution is 2.28. The number of carbonyl (C=O) groups excluding carboxylic acids is 1. The normalized spacial score (nSPS) is 19.8. The van der Waals surface area contributed by atoms with Gasteiger partial charge in [0.25, 0.3) is 0 Å². The molecule has 1 unspecified atom stereocenters. The second-order valence-corrected chi connectivity index (χ2v) is 9.28. The topological polar surface area (TPSA) is 75.2 Å². The van der Waals surface area contributed by atoms with E-state index in [2.05, 4.69) is 22.5 Å². The zero-order valence-electron chi connectivity index (χ0n) is 19.4. The number of aliphatic imine (C=N–C) groups is 1. The van der Waals surface area contributed by atoms with Gasteiger partial charge in [-0.1, -0.05) is 0 Å². The molecule has 0 aromatic rings. The summed E-state index contributed by atoms with van der Waals surface area (Å²) in [4.78, 5) is 18.8. The van der Waals surface area contributed by atoms with E-state index >= 15 is 0 Å². The summed E-state index contributed by atoms with van der Waals surface area (Å²) in [7, 11) is 0. The fraction of sp³-hybridized carbons (Fsp3) is 0.909. The van der Waals surface area contributed by atoms with Crippen LogP contribution in [0.15, 0.2) is 4.99 Å². The zero-order valence-corrected chi connectivity index (χ0v) is 21.7. The van der Waals surface area contributed by atoms with E-state index < -0.39 is 5.60 Å². The van der Waals surface area contributed by atoms with Gasteiger partial charge in [-0.15, -0.1) is 24.0 Å². The molecule has 1 heterocycles. The van der Waals surface area contributed by atoms with Crippen LogP contribution in [0.25, 0.3) is 0 Å². The van der Waals surface area contributed by atoms with Crippen LogP contribution in [0.3, 0.4) is 0 Å². The van der Waals surface area contributed by atoms with Gasteiger partial charge in [-0.25, -0.2) is 4.79 Å². The van der Waals surface area contributed by atoms with Crippen LogP contribution < -0.4 is 10.6 Å². The summed E-state index contributed by atoms with van der Waals surface area (Å²) in [5.41, 5.74) is -0.439. The minimum Gasteiger partial charge on any atom is -0.444 e. The molecule has 1 aliphatic heterocycles. The fourth-order valence-corrected chi connectivity index (χ4v) is 3.42. The molecule has 30 heavy (non-hydrogen) atoms. The molecule has 2 aliphatic rings. The molecule has 0 radical (unpaired) electrons. The molecule has 0 aromatic carbocycles. The number of ether oxygens (including phenoxy) is 2. The largest absolute Gasteiger partial charge is 0.444 e. The first-order valence-corrected chi connectivity index (χ1v) is 11.4. The average Bonchev–Trinajstić information content (AvgIpc) is 3.48. The van der Waals surface area contributed by atoms with Crippen LogP contribution in [0.1, 0.15) is 66.2 Å². The summed E-state index contributed by atoms with van der Waals surface area (Å²) in [5.74, 6) is 2.19. The van der Waals surface area contributed by atoms with Gasteiger partial charge in [0.15, 0.2) is 5.96 Å². The van der Waals surface area contributed by atoms with Crippen LogP contribution in [0, 0.1) is 11.8 Å². The molecule has 2 rings (SSSR count). The Morgan fingerprint density at radius 1 is 1.17 bits per heavy atom. The van der Waals surface area contributed by atoms with Crippen LogP contribution in [0.2, 0.25) is 0 Å². The van der Waals surface area contributed by atoms with Crippen LogP contribution >= 0.6 is 24.0 Å². The SMILES string of the molecule is CCNC(=NCCCOCC1CC1)NCCC1CCCN(C(=O)OC(C)(C)C)C1.I. The summed E-state index contributed by atoms with van der Waals surface area (Å²) >= 11 is 0. The lowest BCUT2D eigenvalue weighted by Crippen LogP contribution is -2.44. The fourth-order valence-electron chi connectivity index (χ4n) is 3.42. The van der Waals surface area contributed by atoms with Gasteiger partial charge in [0.2, 0.25) is 0 Å². The summed E-state index contributed by atoms with van der Waals surface area (Å²) < 4.78 is 11.2. The summed E-state index contributed by atoms with van der Waals surface area (Å²) in [5, 5.41) is 6.74. The van der Waals surface area contributed by atoms with E-state index in [1.807, 2.05) is 25.7 Å². The number of nitrogens with one attached hydrogen (secondary N) is 2. The molecule has 2 N–H and O–H groups in total. The number of rotatable bonds is 10. The Morgan fingerprint density at radius 2 is 1.93 bits per heavy atom. The van der Waals surface area contributed by atoms with Crippen molar-refractivity contribution in [3.63, 3.8) is 0 Å². The van der Waals surface area contributed by atoms with Gasteiger partial charge in [0, 0.05) is 45.9 Å². The van der Waals surface area contributed by atoms with Gasteiger partial charge in [0.1, 0.15) is 5.60 Å². The van der Waals surface area contributed by atoms with Crippen molar-refractivity contribution in [3.05, 3.63) is 0 Å². The third-order valence-electron chi connectivity index (χ3n) is 5.13. The molecule has 1 aliphatic carbocycles. The lowest BCUT2D eigenvalue weighted by molar-refractivity contribution is 0.0162. The number of hydrogen-bond acceptors (Lipinski definition) is 4. The third kappa shape index (κ3) is 12.2. The van der Waals surface area contributed by atoms with Crippen molar-refractivity contribution in [1.82, 2.24) is 15.5 Å². The highest BCUT2D eigenvalue weighted by Gasteiger charge is 2.27. The predicted octanol–water partition coefficient (Wildman–Crippen LogP) is 4.01. The average molecular weight is 539 g/mol. The minimum atomic E-state index is -0.439. The summed E-state index contributed by atoms with van der Waals surface area (Å²) in [6.07, 6.45) is 6.66. The maximum absolute atomic E-state index is 12.3. The highest BCUT2D eigenvalue weighted by atomic mass is 127. The maximum atomic E-state index is 12.3. The standard InChI is InChI=1S/C22H42N4O3.HI/c1-5-23-20(24-12-7-15-28-17-19-9-10-19)25-13-11-18-8-6-14-26(16-18)21(27)29-22(2,3)4;/h18-19H,5-17H2,1-4H3,(H2,23,24,25);1H.